The summed E-state index contributed by atoms with van der Waals surface area (Å²) >= 11 is 11.1. The van der Waals surface area contributed by atoms with Gasteiger partial charge in [-0.2, -0.15) is 0 Å². The molecule has 1 aromatic heterocycles. The van der Waals surface area contributed by atoms with Gasteiger partial charge in [-0.3, -0.25) is 4.79 Å². The highest BCUT2D eigenvalue weighted by Crippen LogP contribution is 2.22. The van der Waals surface area contributed by atoms with Crippen LogP contribution in [0.4, 0.5) is 14.5 Å². The number of rotatable bonds is 2. The molecule has 2 rings (SSSR count). The van der Waals surface area contributed by atoms with Crippen LogP contribution in [0, 0.1) is 11.6 Å². The van der Waals surface area contributed by atoms with Crippen LogP contribution in [0.15, 0.2) is 30.5 Å². The molecule has 0 atom stereocenters. The average molecular weight is 303 g/mol. The van der Waals surface area contributed by atoms with Crippen LogP contribution in [0.2, 0.25) is 10.2 Å². The van der Waals surface area contributed by atoms with Crippen molar-refractivity contribution in [1.82, 2.24) is 4.98 Å². The van der Waals surface area contributed by atoms with Crippen LogP contribution in [0.3, 0.4) is 0 Å². The fourth-order valence-corrected chi connectivity index (χ4v) is 1.68. The number of benzene rings is 1. The van der Waals surface area contributed by atoms with Gasteiger partial charge in [0.05, 0.1) is 16.3 Å². The number of halogens is 4. The van der Waals surface area contributed by atoms with Gasteiger partial charge in [0.1, 0.15) is 11.6 Å². The van der Waals surface area contributed by atoms with Crippen molar-refractivity contribution < 1.29 is 13.6 Å². The van der Waals surface area contributed by atoms with Crippen molar-refractivity contribution in [3.63, 3.8) is 0 Å². The maximum atomic E-state index is 13.5. The Bertz CT molecular complexity index is 650. The lowest BCUT2D eigenvalue weighted by Gasteiger charge is -2.07. The summed E-state index contributed by atoms with van der Waals surface area (Å²) in [7, 11) is 0. The first-order valence-electron chi connectivity index (χ1n) is 5.05. The molecule has 0 saturated carbocycles. The van der Waals surface area contributed by atoms with E-state index in [9.17, 15) is 13.6 Å². The molecule has 0 radical (unpaired) electrons. The lowest BCUT2D eigenvalue weighted by Crippen LogP contribution is -2.14. The summed E-state index contributed by atoms with van der Waals surface area (Å²) in [6.07, 6.45) is 1.43. The van der Waals surface area contributed by atoms with E-state index < -0.39 is 28.1 Å². The molecule has 0 aliphatic heterocycles. The Morgan fingerprint density at radius 2 is 1.95 bits per heavy atom. The molecular formula is C12H6Cl2F2N2O. The van der Waals surface area contributed by atoms with Gasteiger partial charge in [0.2, 0.25) is 0 Å². The molecule has 0 unspecified atom stereocenters. The number of amides is 1. The summed E-state index contributed by atoms with van der Waals surface area (Å²) in [6.45, 7) is 0. The maximum absolute atomic E-state index is 13.5. The van der Waals surface area contributed by atoms with Crippen molar-refractivity contribution in [3.05, 3.63) is 57.8 Å². The van der Waals surface area contributed by atoms with E-state index in [0.29, 0.717) is 0 Å². The lowest BCUT2D eigenvalue weighted by atomic mass is 10.2. The maximum Gasteiger partial charge on any atom is 0.258 e. The zero-order chi connectivity index (χ0) is 14.0. The van der Waals surface area contributed by atoms with Crippen molar-refractivity contribution in [3.8, 4) is 0 Å². The average Bonchev–Trinajstić information content (AvgIpc) is 2.36. The van der Waals surface area contributed by atoms with Gasteiger partial charge in [-0.25, -0.2) is 13.8 Å². The normalized spacial score (nSPS) is 10.3. The van der Waals surface area contributed by atoms with Gasteiger partial charge in [0.15, 0.2) is 5.15 Å². The van der Waals surface area contributed by atoms with Crippen molar-refractivity contribution >= 4 is 34.8 Å². The predicted octanol–water partition coefficient (Wildman–Crippen LogP) is 3.92. The Labute approximate surface area is 117 Å². The number of pyridine rings is 1. The third-order valence-corrected chi connectivity index (χ3v) is 2.85. The number of anilines is 1. The number of carbonyl (C=O) groups excluding carboxylic acids is 1. The Kier molecular flexibility index (Phi) is 3.97. The minimum atomic E-state index is -0.927. The van der Waals surface area contributed by atoms with E-state index >= 15 is 0 Å². The first kappa shape index (κ1) is 13.7. The Morgan fingerprint density at radius 1 is 1.21 bits per heavy atom. The summed E-state index contributed by atoms with van der Waals surface area (Å²) in [5.41, 5.74) is -0.272. The molecule has 1 amide bonds. The summed E-state index contributed by atoms with van der Waals surface area (Å²) in [4.78, 5) is 15.5. The summed E-state index contributed by atoms with van der Waals surface area (Å²) in [5, 5.41) is 1.98. The molecule has 1 N–H and O–H groups in total. The van der Waals surface area contributed by atoms with Gasteiger partial charge in [-0.05, 0) is 24.3 Å². The molecule has 19 heavy (non-hydrogen) atoms. The van der Waals surface area contributed by atoms with E-state index in [1.807, 2.05) is 0 Å². The lowest BCUT2D eigenvalue weighted by molar-refractivity contribution is 0.102. The van der Waals surface area contributed by atoms with E-state index in [1.54, 1.807) is 6.07 Å². The molecule has 0 aliphatic carbocycles. The highest BCUT2D eigenvalue weighted by atomic mass is 35.5. The topological polar surface area (TPSA) is 42.0 Å². The Hall–Kier alpha value is -1.72. The van der Waals surface area contributed by atoms with E-state index in [-0.39, 0.29) is 10.8 Å². The standard InChI is InChI=1S/C12H6Cl2F2N2O/c13-7-5-8(15)6(4-9(7)16)12(19)18-10-2-1-3-17-11(10)14/h1-5H,(H,18,19). The van der Waals surface area contributed by atoms with Gasteiger partial charge >= 0.3 is 0 Å². The van der Waals surface area contributed by atoms with Crippen LogP contribution in [0.5, 0.6) is 0 Å². The third-order valence-electron chi connectivity index (χ3n) is 2.26. The van der Waals surface area contributed by atoms with Crippen LogP contribution < -0.4 is 5.32 Å². The third kappa shape index (κ3) is 3.00. The zero-order valence-corrected chi connectivity index (χ0v) is 10.8. The highest BCUT2D eigenvalue weighted by molar-refractivity contribution is 6.32. The molecule has 7 heteroatoms. The molecule has 0 fully saturated rings. The molecule has 3 nitrogen and oxygen atoms in total. The van der Waals surface area contributed by atoms with Crippen molar-refractivity contribution in [2.45, 2.75) is 0 Å². The van der Waals surface area contributed by atoms with Gasteiger partial charge in [-0.15, -0.1) is 0 Å². The predicted molar refractivity (Wildman–Crippen MR) is 68.6 cm³/mol. The quantitative estimate of drug-likeness (QED) is 0.675. The van der Waals surface area contributed by atoms with Crippen LogP contribution >= 0.6 is 23.2 Å². The molecule has 0 saturated heterocycles. The first-order chi connectivity index (χ1) is 8.99. The van der Waals surface area contributed by atoms with Gasteiger partial charge in [0.25, 0.3) is 5.91 Å². The number of carbonyl (C=O) groups is 1. The smallest absolute Gasteiger partial charge is 0.258 e. The molecule has 2 aromatic rings. The molecule has 0 bridgehead atoms. The van der Waals surface area contributed by atoms with Crippen LogP contribution in [-0.2, 0) is 0 Å². The summed E-state index contributed by atoms with van der Waals surface area (Å²) in [5.74, 6) is -2.66. The van der Waals surface area contributed by atoms with E-state index in [2.05, 4.69) is 10.3 Å². The SMILES string of the molecule is O=C(Nc1cccnc1Cl)c1cc(F)c(Cl)cc1F. The van der Waals surface area contributed by atoms with Gasteiger partial charge < -0.3 is 5.32 Å². The monoisotopic (exact) mass is 302 g/mol. The second kappa shape index (κ2) is 5.50. The van der Waals surface area contributed by atoms with Crippen molar-refractivity contribution in [2.24, 2.45) is 0 Å². The van der Waals surface area contributed by atoms with Crippen molar-refractivity contribution in [1.29, 1.82) is 0 Å². The zero-order valence-electron chi connectivity index (χ0n) is 9.25. The number of hydrogen-bond donors (Lipinski definition) is 1. The van der Waals surface area contributed by atoms with Crippen molar-refractivity contribution in [2.75, 3.05) is 5.32 Å². The minimum absolute atomic E-state index is 0.0469. The molecule has 0 spiro atoms. The molecular weight excluding hydrogens is 297 g/mol. The fraction of sp³-hybridized carbons (Fsp3) is 0. The summed E-state index contributed by atoms with van der Waals surface area (Å²) in [6, 6.07) is 4.48. The fourth-order valence-electron chi connectivity index (χ4n) is 1.37. The first-order valence-corrected chi connectivity index (χ1v) is 5.81. The van der Waals surface area contributed by atoms with E-state index in [0.717, 1.165) is 12.1 Å². The summed E-state index contributed by atoms with van der Waals surface area (Å²) < 4.78 is 26.7. The van der Waals surface area contributed by atoms with Crippen LogP contribution in [-0.4, -0.2) is 10.9 Å². The Morgan fingerprint density at radius 3 is 2.63 bits per heavy atom. The Balaban J connectivity index is 2.31. The van der Waals surface area contributed by atoms with Gasteiger partial charge in [-0.1, -0.05) is 23.2 Å². The number of hydrogen-bond acceptors (Lipinski definition) is 2. The minimum Gasteiger partial charge on any atom is -0.319 e. The van der Waals surface area contributed by atoms with Gasteiger partial charge in [0, 0.05) is 6.20 Å². The van der Waals surface area contributed by atoms with Crippen LogP contribution in [0.25, 0.3) is 0 Å². The molecule has 0 aliphatic rings. The second-order valence-electron chi connectivity index (χ2n) is 3.54. The number of nitrogens with one attached hydrogen (secondary N) is 1. The highest BCUT2D eigenvalue weighted by Gasteiger charge is 2.16. The van der Waals surface area contributed by atoms with Crippen LogP contribution in [0.1, 0.15) is 10.4 Å². The second-order valence-corrected chi connectivity index (χ2v) is 4.31. The molecule has 98 valence electrons. The van der Waals surface area contributed by atoms with E-state index in [1.165, 1.54) is 12.3 Å². The largest absolute Gasteiger partial charge is 0.319 e. The van der Waals surface area contributed by atoms with E-state index in [4.69, 9.17) is 23.2 Å². The number of nitrogens with zero attached hydrogens (tertiary/aromatic N) is 1. The molecule has 1 aromatic carbocycles. The molecule has 1 heterocycles. The number of aromatic nitrogens is 1.